The zero-order valence-electron chi connectivity index (χ0n) is 13.8. The summed E-state index contributed by atoms with van der Waals surface area (Å²) in [6.07, 6.45) is 2.90. The molecule has 0 aromatic heterocycles. The van der Waals surface area contributed by atoms with E-state index in [1.54, 1.807) is 12.1 Å². The quantitative estimate of drug-likeness (QED) is 0.665. The molecular weight excluding hydrogens is 292 g/mol. The molecule has 23 heavy (non-hydrogen) atoms. The van der Waals surface area contributed by atoms with Gasteiger partial charge in [-0.15, -0.1) is 0 Å². The third-order valence-corrected chi connectivity index (χ3v) is 3.38. The van der Waals surface area contributed by atoms with Crippen molar-refractivity contribution < 1.29 is 19.0 Å². The van der Waals surface area contributed by atoms with Crippen molar-refractivity contribution in [2.24, 2.45) is 0 Å². The second-order valence-electron chi connectivity index (χ2n) is 5.10. The van der Waals surface area contributed by atoms with Crippen molar-refractivity contribution in [1.29, 1.82) is 0 Å². The second kappa shape index (κ2) is 8.22. The number of carbonyl (C=O) groups excluding carboxylic acids is 1. The number of hydrogen-bond donors (Lipinski definition) is 0. The van der Waals surface area contributed by atoms with Crippen LogP contribution in [0.2, 0.25) is 0 Å². The molecule has 0 saturated carbocycles. The number of ether oxygens (including phenoxy) is 3. The molecule has 0 aliphatic rings. The Morgan fingerprint density at radius 3 is 2.30 bits per heavy atom. The van der Waals surface area contributed by atoms with Crippen LogP contribution in [0, 0.1) is 0 Å². The Balaban J connectivity index is 2.34. The highest BCUT2D eigenvalue weighted by atomic mass is 16.5. The van der Waals surface area contributed by atoms with Crippen LogP contribution in [0.3, 0.4) is 0 Å². The number of benzene rings is 2. The van der Waals surface area contributed by atoms with E-state index in [4.69, 9.17) is 14.2 Å². The fourth-order valence-corrected chi connectivity index (χ4v) is 2.32. The van der Waals surface area contributed by atoms with Crippen molar-refractivity contribution in [3.63, 3.8) is 0 Å². The van der Waals surface area contributed by atoms with Gasteiger partial charge in [0, 0.05) is 5.56 Å². The van der Waals surface area contributed by atoms with E-state index in [0.29, 0.717) is 35.2 Å². The molecule has 4 nitrogen and oxygen atoms in total. The van der Waals surface area contributed by atoms with Crippen molar-refractivity contribution >= 4 is 6.29 Å². The monoisotopic (exact) mass is 314 g/mol. The minimum atomic E-state index is 0.469. The highest BCUT2D eigenvalue weighted by Gasteiger charge is 2.15. The molecule has 0 heterocycles. The Morgan fingerprint density at radius 2 is 1.74 bits per heavy atom. The molecular formula is C19H22O4. The van der Waals surface area contributed by atoms with Crippen LogP contribution in [0.5, 0.6) is 23.0 Å². The number of aryl methyl sites for hydroxylation is 1. The lowest BCUT2D eigenvalue weighted by Gasteiger charge is -2.15. The maximum atomic E-state index is 11.1. The molecule has 0 N–H and O–H groups in total. The van der Waals surface area contributed by atoms with Crippen LogP contribution in [0.15, 0.2) is 36.4 Å². The zero-order chi connectivity index (χ0) is 16.7. The molecule has 0 saturated heterocycles. The van der Waals surface area contributed by atoms with E-state index in [1.165, 1.54) is 12.7 Å². The minimum Gasteiger partial charge on any atom is -0.493 e. The summed E-state index contributed by atoms with van der Waals surface area (Å²) in [6.45, 7) is 4.51. The molecule has 2 rings (SSSR count). The lowest BCUT2D eigenvalue weighted by molar-refractivity contribution is 0.112. The summed E-state index contributed by atoms with van der Waals surface area (Å²) in [6, 6.07) is 11.2. The molecule has 2 aromatic carbocycles. The first-order valence-electron chi connectivity index (χ1n) is 7.78. The summed E-state index contributed by atoms with van der Waals surface area (Å²) < 4.78 is 16.8. The van der Waals surface area contributed by atoms with Crippen molar-refractivity contribution in [3.8, 4) is 23.0 Å². The lowest BCUT2D eigenvalue weighted by Crippen LogP contribution is -2.00. The van der Waals surface area contributed by atoms with Gasteiger partial charge in [0.2, 0.25) is 5.75 Å². The fraction of sp³-hybridized carbons (Fsp3) is 0.316. The van der Waals surface area contributed by atoms with Crippen LogP contribution in [0.25, 0.3) is 0 Å². The maximum absolute atomic E-state index is 11.1. The molecule has 4 heteroatoms. The number of carbonyl (C=O) groups is 1. The van der Waals surface area contributed by atoms with Crippen molar-refractivity contribution in [2.75, 3.05) is 13.7 Å². The largest absolute Gasteiger partial charge is 0.493 e. The molecule has 0 spiro atoms. The van der Waals surface area contributed by atoms with E-state index < -0.39 is 0 Å². The van der Waals surface area contributed by atoms with Gasteiger partial charge in [0.15, 0.2) is 11.5 Å². The van der Waals surface area contributed by atoms with Gasteiger partial charge in [-0.05, 0) is 43.2 Å². The van der Waals surface area contributed by atoms with Crippen molar-refractivity contribution in [2.45, 2.75) is 26.7 Å². The Labute approximate surface area is 137 Å². The van der Waals surface area contributed by atoms with Gasteiger partial charge in [0.05, 0.1) is 13.7 Å². The van der Waals surface area contributed by atoms with Gasteiger partial charge < -0.3 is 14.2 Å². The Hall–Kier alpha value is -2.49. The van der Waals surface area contributed by atoms with E-state index in [9.17, 15) is 4.79 Å². The molecule has 0 fully saturated rings. The van der Waals surface area contributed by atoms with Crippen LogP contribution in [-0.2, 0) is 6.42 Å². The molecule has 0 atom stereocenters. The third-order valence-electron chi connectivity index (χ3n) is 3.38. The van der Waals surface area contributed by atoms with Crippen LogP contribution in [-0.4, -0.2) is 20.0 Å². The molecule has 0 aliphatic carbocycles. The molecule has 0 aliphatic heterocycles. The highest BCUT2D eigenvalue weighted by molar-refractivity contribution is 5.78. The Bertz CT molecular complexity index is 647. The summed E-state index contributed by atoms with van der Waals surface area (Å²) in [4.78, 5) is 11.1. The third kappa shape index (κ3) is 4.25. The van der Waals surface area contributed by atoms with Crippen molar-refractivity contribution in [1.82, 2.24) is 0 Å². The molecule has 0 bridgehead atoms. The second-order valence-corrected chi connectivity index (χ2v) is 5.10. The first kappa shape index (κ1) is 16.9. The highest BCUT2D eigenvalue weighted by Crippen LogP contribution is 2.40. The van der Waals surface area contributed by atoms with Gasteiger partial charge in [-0.1, -0.05) is 25.5 Å². The Kier molecular flexibility index (Phi) is 6.03. The summed E-state index contributed by atoms with van der Waals surface area (Å²) in [5.74, 6) is 2.14. The molecule has 2 aromatic rings. The van der Waals surface area contributed by atoms with E-state index >= 15 is 0 Å². The molecule has 0 amide bonds. The summed E-state index contributed by atoms with van der Waals surface area (Å²) >= 11 is 0. The predicted molar refractivity (Wildman–Crippen MR) is 90.1 cm³/mol. The van der Waals surface area contributed by atoms with Crippen LogP contribution in [0.4, 0.5) is 0 Å². The van der Waals surface area contributed by atoms with E-state index in [1.807, 2.05) is 31.2 Å². The summed E-state index contributed by atoms with van der Waals surface area (Å²) in [5, 5.41) is 0. The van der Waals surface area contributed by atoms with Gasteiger partial charge in [0.25, 0.3) is 0 Å². The lowest BCUT2D eigenvalue weighted by atomic mass is 10.1. The smallest absolute Gasteiger partial charge is 0.204 e. The topological polar surface area (TPSA) is 44.8 Å². The average Bonchev–Trinajstić information content (AvgIpc) is 2.58. The van der Waals surface area contributed by atoms with Crippen LogP contribution < -0.4 is 14.2 Å². The van der Waals surface area contributed by atoms with Gasteiger partial charge in [-0.2, -0.15) is 0 Å². The van der Waals surface area contributed by atoms with E-state index in [-0.39, 0.29) is 0 Å². The van der Waals surface area contributed by atoms with Gasteiger partial charge >= 0.3 is 0 Å². The predicted octanol–water partition coefficient (Wildman–Crippen LogP) is 4.65. The van der Waals surface area contributed by atoms with Crippen molar-refractivity contribution in [3.05, 3.63) is 47.5 Å². The minimum absolute atomic E-state index is 0.469. The van der Waals surface area contributed by atoms with Crippen LogP contribution >= 0.6 is 0 Å². The van der Waals surface area contributed by atoms with E-state index in [0.717, 1.165) is 19.1 Å². The first-order chi connectivity index (χ1) is 11.2. The van der Waals surface area contributed by atoms with E-state index in [2.05, 4.69) is 6.92 Å². The number of aldehydes is 1. The van der Waals surface area contributed by atoms with Crippen LogP contribution in [0.1, 0.15) is 36.2 Å². The Morgan fingerprint density at radius 1 is 1.04 bits per heavy atom. The van der Waals surface area contributed by atoms with Gasteiger partial charge in [0.1, 0.15) is 12.0 Å². The van der Waals surface area contributed by atoms with Gasteiger partial charge in [-0.25, -0.2) is 0 Å². The molecule has 0 unspecified atom stereocenters. The first-order valence-corrected chi connectivity index (χ1v) is 7.78. The number of methoxy groups -OCH3 is 1. The summed E-state index contributed by atoms with van der Waals surface area (Å²) in [5.41, 5.74) is 1.74. The molecule has 122 valence electrons. The van der Waals surface area contributed by atoms with Gasteiger partial charge in [-0.3, -0.25) is 4.79 Å². The zero-order valence-corrected chi connectivity index (χ0v) is 13.8. The standard InChI is InChI=1S/C19H22O4/c1-4-6-14-7-9-16(10-8-14)23-18-12-15(13-20)11-17(21-3)19(18)22-5-2/h7-13H,4-6H2,1-3H3. The summed E-state index contributed by atoms with van der Waals surface area (Å²) in [7, 11) is 1.54. The normalized spacial score (nSPS) is 10.2. The average molecular weight is 314 g/mol. The maximum Gasteiger partial charge on any atom is 0.204 e. The SMILES string of the molecule is CCCc1ccc(Oc2cc(C=O)cc(OC)c2OCC)cc1. The fourth-order valence-electron chi connectivity index (χ4n) is 2.32. The molecule has 0 radical (unpaired) electrons. The number of rotatable bonds is 8. The number of hydrogen-bond acceptors (Lipinski definition) is 4.